The number of aromatic nitrogens is 2. The first kappa shape index (κ1) is 39.9. The molecule has 4 aromatic carbocycles. The van der Waals surface area contributed by atoms with Gasteiger partial charge in [0, 0.05) is 33.2 Å². The van der Waals surface area contributed by atoms with Crippen molar-refractivity contribution >= 4 is 16.9 Å². The van der Waals surface area contributed by atoms with Crippen LogP contribution in [0.4, 0.5) is 0 Å². The van der Waals surface area contributed by atoms with Crippen LogP contribution in [0.2, 0.25) is 0 Å². The smallest absolute Gasteiger partial charge is 0.282 e. The van der Waals surface area contributed by atoms with Gasteiger partial charge in [0.1, 0.15) is 19.2 Å². The summed E-state index contributed by atoms with van der Waals surface area (Å²) in [5.74, 6) is -0.802. The first-order valence-electron chi connectivity index (χ1n) is 18.7. The van der Waals surface area contributed by atoms with E-state index < -0.39 is 29.3 Å². The third-order valence-electron chi connectivity index (χ3n) is 10.4. The highest BCUT2D eigenvalue weighted by Crippen LogP contribution is 2.41. The second-order valence-electron chi connectivity index (χ2n) is 13.9. The van der Waals surface area contributed by atoms with Gasteiger partial charge in [-0.2, -0.15) is 0 Å². The Morgan fingerprint density at radius 2 is 1.29 bits per heavy atom. The van der Waals surface area contributed by atoms with Crippen molar-refractivity contribution in [2.45, 2.75) is 45.1 Å². The SMILES string of the molecule is COCO[C@@H](Cn1c(=O)c(C(=O)N2CCOCC2)nc2cc(C)c(C)cc21)[C@H](C)[C@@H](COC(c1ccccc1)(c1ccccc1)c1ccccc1)OCOC. The molecule has 290 valence electrons. The van der Waals surface area contributed by atoms with Crippen molar-refractivity contribution in [1.82, 2.24) is 14.5 Å². The molecule has 3 atom stereocenters. The van der Waals surface area contributed by atoms with Crippen LogP contribution in [0.5, 0.6) is 0 Å². The van der Waals surface area contributed by atoms with Crippen molar-refractivity contribution in [3.63, 3.8) is 0 Å². The largest absolute Gasteiger partial charge is 0.378 e. The molecule has 2 heterocycles. The van der Waals surface area contributed by atoms with E-state index in [9.17, 15) is 9.59 Å². The van der Waals surface area contributed by atoms with E-state index >= 15 is 0 Å². The maximum Gasteiger partial charge on any atom is 0.282 e. The summed E-state index contributed by atoms with van der Waals surface area (Å²) in [6.07, 6.45) is -1.22. The molecule has 0 N–H and O–H groups in total. The summed E-state index contributed by atoms with van der Waals surface area (Å²) in [4.78, 5) is 34.5. The first-order chi connectivity index (χ1) is 26.8. The van der Waals surface area contributed by atoms with Gasteiger partial charge < -0.3 is 37.9 Å². The van der Waals surface area contributed by atoms with Gasteiger partial charge in [-0.25, -0.2) is 4.98 Å². The van der Waals surface area contributed by atoms with Gasteiger partial charge in [0.05, 0.1) is 49.6 Å². The van der Waals surface area contributed by atoms with Gasteiger partial charge in [0.15, 0.2) is 5.69 Å². The number of carbonyl (C=O) groups excluding carboxylic acids is 1. The molecule has 0 spiro atoms. The number of benzene rings is 4. The summed E-state index contributed by atoms with van der Waals surface area (Å²) in [6, 6.07) is 34.3. The van der Waals surface area contributed by atoms with Crippen molar-refractivity contribution in [3.05, 3.63) is 147 Å². The summed E-state index contributed by atoms with van der Waals surface area (Å²) in [7, 11) is 3.13. The normalized spacial score (nSPS) is 15.2. The van der Waals surface area contributed by atoms with E-state index in [0.29, 0.717) is 37.3 Å². The average Bonchev–Trinajstić information content (AvgIpc) is 3.23. The molecule has 0 bridgehead atoms. The Kier molecular flexibility index (Phi) is 13.6. The molecule has 1 amide bonds. The molecule has 11 nitrogen and oxygen atoms in total. The predicted molar refractivity (Wildman–Crippen MR) is 210 cm³/mol. The van der Waals surface area contributed by atoms with Crippen molar-refractivity contribution in [3.8, 4) is 0 Å². The minimum absolute atomic E-state index is 0.000812. The molecule has 0 radical (unpaired) electrons. The molecule has 55 heavy (non-hydrogen) atoms. The maximum atomic E-state index is 14.4. The fourth-order valence-corrected chi connectivity index (χ4v) is 7.16. The van der Waals surface area contributed by atoms with E-state index in [0.717, 1.165) is 27.8 Å². The third-order valence-corrected chi connectivity index (χ3v) is 10.4. The number of carbonyl (C=O) groups is 1. The van der Waals surface area contributed by atoms with Gasteiger partial charge in [0.2, 0.25) is 0 Å². The van der Waals surface area contributed by atoms with Crippen LogP contribution in [-0.2, 0) is 40.6 Å². The zero-order valence-electron chi connectivity index (χ0n) is 32.3. The average molecular weight is 750 g/mol. The highest BCUT2D eigenvalue weighted by Gasteiger charge is 2.40. The maximum absolute atomic E-state index is 14.4. The van der Waals surface area contributed by atoms with Gasteiger partial charge >= 0.3 is 0 Å². The summed E-state index contributed by atoms with van der Waals surface area (Å²) in [6.45, 7) is 7.73. The Hall–Kier alpha value is -4.75. The van der Waals surface area contributed by atoms with Crippen LogP contribution in [0.1, 0.15) is 45.2 Å². The van der Waals surface area contributed by atoms with Crippen LogP contribution in [0, 0.1) is 19.8 Å². The number of morpholine rings is 1. The van der Waals surface area contributed by atoms with Crippen LogP contribution < -0.4 is 5.56 Å². The summed E-state index contributed by atoms with van der Waals surface area (Å²) in [5.41, 5.74) is 4.38. The number of methoxy groups -OCH3 is 2. The summed E-state index contributed by atoms with van der Waals surface area (Å²) in [5, 5.41) is 0. The molecular formula is C44H51N3O8. The lowest BCUT2D eigenvalue weighted by atomic mass is 9.80. The van der Waals surface area contributed by atoms with Crippen LogP contribution >= 0.6 is 0 Å². The van der Waals surface area contributed by atoms with Crippen molar-refractivity contribution in [2.75, 3.05) is 60.7 Å². The quantitative estimate of drug-likeness (QED) is 0.0822. The van der Waals surface area contributed by atoms with Crippen LogP contribution in [0.25, 0.3) is 11.0 Å². The van der Waals surface area contributed by atoms with Gasteiger partial charge in [0.25, 0.3) is 11.5 Å². The van der Waals surface area contributed by atoms with E-state index in [4.69, 9.17) is 28.4 Å². The fourth-order valence-electron chi connectivity index (χ4n) is 7.16. The minimum atomic E-state index is -0.997. The molecule has 6 rings (SSSR count). The number of rotatable bonds is 17. The van der Waals surface area contributed by atoms with Crippen molar-refractivity contribution in [2.24, 2.45) is 5.92 Å². The number of hydrogen-bond acceptors (Lipinski definition) is 9. The van der Waals surface area contributed by atoms with E-state index in [1.165, 1.54) is 0 Å². The molecule has 1 fully saturated rings. The Bertz CT molecular complexity index is 1960. The summed E-state index contributed by atoms with van der Waals surface area (Å²) >= 11 is 0. The van der Waals surface area contributed by atoms with E-state index in [-0.39, 0.29) is 38.3 Å². The monoisotopic (exact) mass is 749 g/mol. The number of fused-ring (bicyclic) bond motifs is 1. The number of amides is 1. The lowest BCUT2D eigenvalue weighted by molar-refractivity contribution is -0.166. The lowest BCUT2D eigenvalue weighted by Crippen LogP contribution is -2.46. The molecule has 1 aliphatic heterocycles. The van der Waals surface area contributed by atoms with Crippen molar-refractivity contribution in [1.29, 1.82) is 0 Å². The van der Waals surface area contributed by atoms with Gasteiger partial charge in [-0.1, -0.05) is 97.9 Å². The standard InChI is InChI=1S/C44H51N3O8/c1-31-25-37-38(26-32(31)2)47(43(49)41(45-37)42(48)46-21-23-52-24-22-46)27-39(53-29-50-4)33(3)40(54-30-51-5)28-55-44(34-15-9-6-10-16-34,35-17-11-7-12-18-35)36-19-13-8-14-20-36/h6-20,25-26,33,39-40H,21-24,27-30H2,1-5H3/t33-,39-,40+/m0/s1. The van der Waals surface area contributed by atoms with E-state index in [2.05, 4.69) is 41.4 Å². The van der Waals surface area contributed by atoms with Gasteiger partial charge in [-0.15, -0.1) is 0 Å². The van der Waals surface area contributed by atoms with Crippen LogP contribution in [0.3, 0.4) is 0 Å². The topological polar surface area (TPSA) is 111 Å². The molecule has 0 unspecified atom stereocenters. The van der Waals surface area contributed by atoms with E-state index in [1.54, 1.807) is 23.7 Å². The number of aryl methyl sites for hydroxylation is 2. The second kappa shape index (κ2) is 18.7. The summed E-state index contributed by atoms with van der Waals surface area (Å²) < 4.78 is 37.9. The predicted octanol–water partition coefficient (Wildman–Crippen LogP) is 6.11. The molecular weight excluding hydrogens is 698 g/mol. The van der Waals surface area contributed by atoms with Gasteiger partial charge in [-0.05, 0) is 53.8 Å². The number of ether oxygens (including phenoxy) is 6. The second-order valence-corrected chi connectivity index (χ2v) is 13.9. The molecule has 1 saturated heterocycles. The lowest BCUT2D eigenvalue weighted by Gasteiger charge is -2.39. The Morgan fingerprint density at radius 1 is 0.782 bits per heavy atom. The zero-order chi connectivity index (χ0) is 38.8. The molecule has 0 aliphatic carbocycles. The molecule has 1 aromatic heterocycles. The van der Waals surface area contributed by atoms with Crippen LogP contribution in [0.15, 0.2) is 108 Å². The number of nitrogens with zero attached hydrogens (tertiary/aromatic N) is 3. The molecule has 0 saturated carbocycles. The zero-order valence-corrected chi connectivity index (χ0v) is 32.3. The molecule has 1 aliphatic rings. The molecule has 11 heteroatoms. The number of hydrogen-bond donors (Lipinski definition) is 0. The Morgan fingerprint density at radius 3 is 1.82 bits per heavy atom. The highest BCUT2D eigenvalue weighted by molar-refractivity contribution is 5.94. The Balaban J connectivity index is 1.41. The third kappa shape index (κ3) is 8.88. The highest BCUT2D eigenvalue weighted by atomic mass is 16.7. The first-order valence-corrected chi connectivity index (χ1v) is 18.7. The van der Waals surface area contributed by atoms with Crippen molar-refractivity contribution < 1.29 is 33.2 Å². The van der Waals surface area contributed by atoms with Crippen LogP contribution in [-0.4, -0.2) is 93.3 Å². The fraction of sp³-hybridized carbons (Fsp3) is 0.386. The Labute approximate surface area is 322 Å². The minimum Gasteiger partial charge on any atom is -0.378 e. The van der Waals surface area contributed by atoms with Gasteiger partial charge in [-0.3, -0.25) is 9.59 Å². The van der Waals surface area contributed by atoms with E-state index in [1.807, 2.05) is 87.5 Å². The molecule has 5 aromatic rings.